The van der Waals surface area contributed by atoms with Crippen LogP contribution in [0.4, 0.5) is 4.39 Å². The summed E-state index contributed by atoms with van der Waals surface area (Å²) in [7, 11) is 1.75. The Morgan fingerprint density at radius 2 is 2.19 bits per heavy atom. The van der Waals surface area contributed by atoms with E-state index < -0.39 is 11.9 Å². The number of hydrogen-bond donors (Lipinski definition) is 1. The van der Waals surface area contributed by atoms with E-state index in [1.165, 1.54) is 6.07 Å². The second-order valence-electron chi connectivity index (χ2n) is 3.49. The monoisotopic (exact) mass is 239 g/mol. The molecule has 0 spiro atoms. The van der Waals surface area contributed by atoms with Gasteiger partial charge in [-0.25, -0.2) is 4.39 Å². The Morgan fingerprint density at radius 3 is 2.75 bits per heavy atom. The zero-order valence-electron chi connectivity index (χ0n) is 8.69. The molecule has 5 heteroatoms. The number of rotatable bonds is 2. The summed E-state index contributed by atoms with van der Waals surface area (Å²) in [4.78, 5) is 0. The van der Waals surface area contributed by atoms with Gasteiger partial charge in [0, 0.05) is 23.8 Å². The Hall–Kier alpha value is -1.39. The van der Waals surface area contributed by atoms with Gasteiger partial charge in [0.1, 0.15) is 5.82 Å². The van der Waals surface area contributed by atoms with Crippen LogP contribution in [0.3, 0.4) is 0 Å². The number of aromatic nitrogens is 2. The van der Waals surface area contributed by atoms with E-state index in [1.54, 1.807) is 36.1 Å². The molecule has 0 radical (unpaired) electrons. The van der Waals surface area contributed by atoms with Gasteiger partial charge in [-0.3, -0.25) is 4.68 Å². The quantitative estimate of drug-likeness (QED) is 0.874. The van der Waals surface area contributed by atoms with Gasteiger partial charge in [0.25, 0.3) is 0 Å². The molecule has 0 saturated heterocycles. The minimum atomic E-state index is -0.610. The lowest BCUT2D eigenvalue weighted by Crippen LogP contribution is -2.17. The first-order valence-corrected chi connectivity index (χ1v) is 5.16. The summed E-state index contributed by atoms with van der Waals surface area (Å²) < 4.78 is 15.2. The molecule has 2 aromatic rings. The van der Waals surface area contributed by atoms with Gasteiger partial charge in [-0.2, -0.15) is 5.10 Å². The fraction of sp³-hybridized carbons (Fsp3) is 0.182. The smallest absolute Gasteiger partial charge is 0.129 e. The first kappa shape index (κ1) is 11.1. The number of aryl methyl sites for hydroxylation is 1. The van der Waals surface area contributed by atoms with Crippen LogP contribution in [0.25, 0.3) is 0 Å². The molecule has 0 aliphatic rings. The molecule has 16 heavy (non-hydrogen) atoms. The molecule has 0 bridgehead atoms. The Kier molecular flexibility index (Phi) is 2.94. The molecule has 0 aliphatic carbocycles. The van der Waals surface area contributed by atoms with Crippen molar-refractivity contribution < 1.29 is 4.39 Å². The van der Waals surface area contributed by atoms with Crippen LogP contribution >= 0.6 is 11.6 Å². The highest BCUT2D eigenvalue weighted by Gasteiger charge is 2.19. The molecular formula is C11H11ClFN3. The number of halogens is 2. The molecule has 1 aromatic carbocycles. The highest BCUT2D eigenvalue weighted by Crippen LogP contribution is 2.28. The largest absolute Gasteiger partial charge is 0.319 e. The van der Waals surface area contributed by atoms with Crippen LogP contribution in [0.2, 0.25) is 5.02 Å². The van der Waals surface area contributed by atoms with Gasteiger partial charge < -0.3 is 5.73 Å². The lowest BCUT2D eigenvalue weighted by molar-refractivity contribution is 0.586. The highest BCUT2D eigenvalue weighted by molar-refractivity contribution is 6.31. The van der Waals surface area contributed by atoms with E-state index >= 15 is 0 Å². The molecule has 1 unspecified atom stereocenters. The molecule has 0 fully saturated rings. The van der Waals surface area contributed by atoms with Crippen LogP contribution in [-0.2, 0) is 7.05 Å². The fourth-order valence-corrected chi connectivity index (χ4v) is 1.93. The molecule has 0 aliphatic heterocycles. The van der Waals surface area contributed by atoms with E-state index in [0.29, 0.717) is 16.3 Å². The number of nitrogens with zero attached hydrogens (tertiary/aromatic N) is 2. The van der Waals surface area contributed by atoms with Crippen LogP contribution in [0.5, 0.6) is 0 Å². The van der Waals surface area contributed by atoms with Gasteiger partial charge in [-0.05, 0) is 18.2 Å². The lowest BCUT2D eigenvalue weighted by Gasteiger charge is -2.14. The Labute approximate surface area is 97.6 Å². The van der Waals surface area contributed by atoms with Gasteiger partial charge in [0.15, 0.2) is 0 Å². The van der Waals surface area contributed by atoms with Crippen molar-refractivity contribution in [1.29, 1.82) is 0 Å². The Bertz CT molecular complexity index is 489. The van der Waals surface area contributed by atoms with Crippen molar-refractivity contribution in [3.63, 3.8) is 0 Å². The summed E-state index contributed by atoms with van der Waals surface area (Å²) in [5, 5.41) is 4.32. The summed E-state index contributed by atoms with van der Waals surface area (Å²) in [5.74, 6) is -0.402. The summed E-state index contributed by atoms with van der Waals surface area (Å²) in [5.41, 5.74) is 6.99. The standard InChI is InChI=1S/C11H11ClFN3/c1-16-9(5-6-15-16)11(14)10-7(12)3-2-4-8(10)13/h2-6,11H,14H2,1H3. The minimum Gasteiger partial charge on any atom is -0.319 e. The van der Waals surface area contributed by atoms with E-state index in [-0.39, 0.29) is 0 Å². The van der Waals surface area contributed by atoms with Gasteiger partial charge >= 0.3 is 0 Å². The van der Waals surface area contributed by atoms with Crippen LogP contribution in [-0.4, -0.2) is 9.78 Å². The first-order valence-electron chi connectivity index (χ1n) is 4.78. The number of benzene rings is 1. The lowest BCUT2D eigenvalue weighted by atomic mass is 10.0. The van der Waals surface area contributed by atoms with Crippen molar-refractivity contribution in [1.82, 2.24) is 9.78 Å². The van der Waals surface area contributed by atoms with Gasteiger partial charge in [-0.15, -0.1) is 0 Å². The van der Waals surface area contributed by atoms with Crippen LogP contribution in [0, 0.1) is 5.82 Å². The van der Waals surface area contributed by atoms with E-state index in [2.05, 4.69) is 5.10 Å². The third-order valence-electron chi connectivity index (χ3n) is 2.49. The average Bonchev–Trinajstić information content (AvgIpc) is 2.64. The maximum absolute atomic E-state index is 13.6. The van der Waals surface area contributed by atoms with Crippen LogP contribution in [0.15, 0.2) is 30.5 Å². The van der Waals surface area contributed by atoms with Crippen molar-refractivity contribution >= 4 is 11.6 Å². The van der Waals surface area contributed by atoms with E-state index in [0.717, 1.165) is 0 Å². The van der Waals surface area contributed by atoms with Crippen LogP contribution in [0.1, 0.15) is 17.3 Å². The zero-order valence-corrected chi connectivity index (χ0v) is 9.45. The molecule has 0 amide bonds. The molecular weight excluding hydrogens is 229 g/mol. The third kappa shape index (κ3) is 1.81. The molecule has 2 N–H and O–H groups in total. The maximum Gasteiger partial charge on any atom is 0.129 e. The first-order chi connectivity index (χ1) is 7.61. The van der Waals surface area contributed by atoms with Crippen molar-refractivity contribution in [3.8, 4) is 0 Å². The summed E-state index contributed by atoms with van der Waals surface area (Å²) in [6.45, 7) is 0. The molecule has 3 nitrogen and oxygen atoms in total. The maximum atomic E-state index is 13.6. The molecule has 0 saturated carbocycles. The van der Waals surface area contributed by atoms with Crippen LogP contribution < -0.4 is 5.73 Å². The second kappa shape index (κ2) is 4.23. The molecule has 2 rings (SSSR count). The number of nitrogens with two attached hydrogens (primary N) is 1. The van der Waals surface area contributed by atoms with Crippen molar-refractivity contribution in [3.05, 3.63) is 52.6 Å². The third-order valence-corrected chi connectivity index (χ3v) is 2.82. The predicted octanol–water partition coefficient (Wildman–Crippen LogP) is 2.26. The molecule has 1 aromatic heterocycles. The normalized spacial score (nSPS) is 12.8. The second-order valence-corrected chi connectivity index (χ2v) is 3.90. The van der Waals surface area contributed by atoms with E-state index in [4.69, 9.17) is 17.3 Å². The van der Waals surface area contributed by atoms with Crippen molar-refractivity contribution in [2.45, 2.75) is 6.04 Å². The summed E-state index contributed by atoms with van der Waals surface area (Å²) in [6, 6.07) is 5.65. The van der Waals surface area contributed by atoms with Gasteiger partial charge in [0.2, 0.25) is 0 Å². The molecule has 1 heterocycles. The topological polar surface area (TPSA) is 43.8 Å². The molecule has 84 valence electrons. The predicted molar refractivity (Wildman–Crippen MR) is 60.6 cm³/mol. The Morgan fingerprint density at radius 1 is 1.44 bits per heavy atom. The summed E-state index contributed by atoms with van der Waals surface area (Å²) in [6.07, 6.45) is 1.62. The minimum absolute atomic E-state index is 0.299. The fourth-order valence-electron chi connectivity index (χ4n) is 1.64. The van der Waals surface area contributed by atoms with Gasteiger partial charge in [-0.1, -0.05) is 17.7 Å². The van der Waals surface area contributed by atoms with E-state index in [9.17, 15) is 4.39 Å². The van der Waals surface area contributed by atoms with Crippen molar-refractivity contribution in [2.24, 2.45) is 12.8 Å². The Balaban J connectivity index is 2.49. The van der Waals surface area contributed by atoms with E-state index in [1.807, 2.05) is 0 Å². The van der Waals surface area contributed by atoms with Crippen molar-refractivity contribution in [2.75, 3.05) is 0 Å². The zero-order chi connectivity index (χ0) is 11.7. The van der Waals surface area contributed by atoms with Gasteiger partial charge in [0.05, 0.1) is 11.7 Å². The SMILES string of the molecule is Cn1nccc1C(N)c1c(F)cccc1Cl. The number of hydrogen-bond acceptors (Lipinski definition) is 2. The summed E-state index contributed by atoms with van der Waals surface area (Å²) >= 11 is 5.94. The molecule has 1 atom stereocenters. The average molecular weight is 240 g/mol. The highest BCUT2D eigenvalue weighted by atomic mass is 35.5.